The summed E-state index contributed by atoms with van der Waals surface area (Å²) in [4.78, 5) is 25.6. The standard InChI is InChI=1S/C17H23ClN2O5/c1-9(2)8-23-16(22)24-15-10(3)13(18)14(21)20(15)12-7-11(25-19-12)17(4,5)6/h7,9,15H,8H2,1-6H3. The van der Waals surface area contributed by atoms with E-state index in [0.717, 1.165) is 0 Å². The summed E-state index contributed by atoms with van der Waals surface area (Å²) < 4.78 is 15.6. The van der Waals surface area contributed by atoms with E-state index in [0.29, 0.717) is 11.3 Å². The molecule has 0 spiro atoms. The Morgan fingerprint density at radius 1 is 1.44 bits per heavy atom. The summed E-state index contributed by atoms with van der Waals surface area (Å²) in [5.41, 5.74) is 0.126. The molecule has 8 heteroatoms. The van der Waals surface area contributed by atoms with E-state index < -0.39 is 18.3 Å². The first-order valence-corrected chi connectivity index (χ1v) is 8.40. The highest BCUT2D eigenvalue weighted by Crippen LogP contribution is 2.35. The predicted octanol–water partition coefficient (Wildman–Crippen LogP) is 3.97. The first-order chi connectivity index (χ1) is 11.5. The number of hydrogen-bond donors (Lipinski definition) is 0. The summed E-state index contributed by atoms with van der Waals surface area (Å²) in [6, 6.07) is 1.64. The van der Waals surface area contributed by atoms with Gasteiger partial charge in [-0.1, -0.05) is 51.4 Å². The van der Waals surface area contributed by atoms with Gasteiger partial charge in [-0.3, -0.25) is 4.79 Å². The molecule has 2 heterocycles. The van der Waals surface area contributed by atoms with Crippen LogP contribution in [0.1, 0.15) is 47.3 Å². The lowest BCUT2D eigenvalue weighted by atomic mass is 9.93. The number of ether oxygens (including phenoxy) is 2. The molecule has 1 aliphatic rings. The molecule has 1 atom stereocenters. The van der Waals surface area contributed by atoms with Crippen molar-refractivity contribution in [3.63, 3.8) is 0 Å². The van der Waals surface area contributed by atoms with Gasteiger partial charge in [-0.2, -0.15) is 0 Å². The lowest BCUT2D eigenvalue weighted by Gasteiger charge is -2.23. The van der Waals surface area contributed by atoms with E-state index in [9.17, 15) is 9.59 Å². The van der Waals surface area contributed by atoms with Gasteiger partial charge >= 0.3 is 6.16 Å². The first-order valence-electron chi connectivity index (χ1n) is 8.02. The number of anilines is 1. The van der Waals surface area contributed by atoms with E-state index in [4.69, 9.17) is 25.6 Å². The number of rotatable bonds is 4. The van der Waals surface area contributed by atoms with Gasteiger partial charge in [0, 0.05) is 17.1 Å². The van der Waals surface area contributed by atoms with Crippen LogP contribution in [-0.2, 0) is 19.7 Å². The van der Waals surface area contributed by atoms with Crippen LogP contribution in [0.5, 0.6) is 0 Å². The highest BCUT2D eigenvalue weighted by molar-refractivity contribution is 6.45. The molecule has 0 radical (unpaired) electrons. The van der Waals surface area contributed by atoms with Crippen molar-refractivity contribution in [2.45, 2.75) is 53.2 Å². The number of carbonyl (C=O) groups is 2. The van der Waals surface area contributed by atoms with Crippen LogP contribution in [0, 0.1) is 5.92 Å². The minimum Gasteiger partial charge on any atom is -0.434 e. The smallest absolute Gasteiger partial charge is 0.434 e. The van der Waals surface area contributed by atoms with Crippen LogP contribution in [0.3, 0.4) is 0 Å². The Bertz CT molecular complexity index is 702. The van der Waals surface area contributed by atoms with Gasteiger partial charge in [0.1, 0.15) is 10.8 Å². The van der Waals surface area contributed by atoms with Crippen molar-refractivity contribution in [3.05, 3.63) is 22.4 Å². The zero-order valence-corrected chi connectivity index (χ0v) is 16.0. The molecule has 0 N–H and O–H groups in total. The van der Waals surface area contributed by atoms with E-state index in [1.807, 2.05) is 34.6 Å². The molecular weight excluding hydrogens is 348 g/mol. The monoisotopic (exact) mass is 370 g/mol. The molecule has 138 valence electrons. The molecule has 1 aliphatic heterocycles. The van der Waals surface area contributed by atoms with Crippen LogP contribution in [0.4, 0.5) is 10.6 Å². The summed E-state index contributed by atoms with van der Waals surface area (Å²) in [5.74, 6) is 0.484. The average molecular weight is 371 g/mol. The second-order valence-electron chi connectivity index (χ2n) is 7.40. The fourth-order valence-corrected chi connectivity index (χ4v) is 2.33. The van der Waals surface area contributed by atoms with Gasteiger partial charge in [-0.25, -0.2) is 9.69 Å². The predicted molar refractivity (Wildman–Crippen MR) is 92.3 cm³/mol. The molecular formula is C17H23ClN2O5. The van der Waals surface area contributed by atoms with E-state index in [2.05, 4.69) is 5.16 Å². The van der Waals surface area contributed by atoms with Crippen molar-refractivity contribution >= 4 is 29.5 Å². The van der Waals surface area contributed by atoms with Gasteiger partial charge in [-0.05, 0) is 12.8 Å². The molecule has 7 nitrogen and oxygen atoms in total. The lowest BCUT2D eigenvalue weighted by Crippen LogP contribution is -2.39. The zero-order valence-electron chi connectivity index (χ0n) is 15.3. The summed E-state index contributed by atoms with van der Waals surface area (Å²) in [5, 5.41) is 3.92. The third kappa shape index (κ3) is 4.15. The van der Waals surface area contributed by atoms with Gasteiger partial charge in [0.25, 0.3) is 5.91 Å². The molecule has 1 amide bonds. The second kappa shape index (κ2) is 7.07. The minimum atomic E-state index is -1.02. The van der Waals surface area contributed by atoms with Crippen LogP contribution < -0.4 is 4.90 Å². The lowest BCUT2D eigenvalue weighted by molar-refractivity contribution is -0.115. The Balaban J connectivity index is 2.24. The van der Waals surface area contributed by atoms with Gasteiger partial charge in [0.2, 0.25) is 6.23 Å². The number of amides is 1. The molecule has 1 aromatic rings. The van der Waals surface area contributed by atoms with Crippen molar-refractivity contribution in [2.24, 2.45) is 5.92 Å². The SMILES string of the molecule is CC1=C(Cl)C(=O)N(c2cc(C(C)(C)C)on2)C1OC(=O)OCC(C)C. The second-order valence-corrected chi connectivity index (χ2v) is 7.77. The Morgan fingerprint density at radius 2 is 2.08 bits per heavy atom. The molecule has 1 unspecified atom stereocenters. The van der Waals surface area contributed by atoms with Crippen molar-refractivity contribution in [1.82, 2.24) is 5.16 Å². The van der Waals surface area contributed by atoms with E-state index in [1.54, 1.807) is 13.0 Å². The van der Waals surface area contributed by atoms with Crippen molar-refractivity contribution in [1.29, 1.82) is 0 Å². The quantitative estimate of drug-likeness (QED) is 0.746. The maximum Gasteiger partial charge on any atom is 0.510 e. The Hall–Kier alpha value is -2.02. The van der Waals surface area contributed by atoms with Crippen LogP contribution in [0.2, 0.25) is 0 Å². The topological polar surface area (TPSA) is 81.9 Å². The fourth-order valence-electron chi connectivity index (χ4n) is 2.14. The van der Waals surface area contributed by atoms with Crippen LogP contribution in [-0.4, -0.2) is 30.1 Å². The van der Waals surface area contributed by atoms with E-state index >= 15 is 0 Å². The Kier molecular flexibility index (Phi) is 5.46. The summed E-state index contributed by atoms with van der Waals surface area (Å²) >= 11 is 6.06. The van der Waals surface area contributed by atoms with Crippen molar-refractivity contribution < 1.29 is 23.6 Å². The van der Waals surface area contributed by atoms with E-state index in [-0.39, 0.29) is 28.8 Å². The molecule has 0 aromatic carbocycles. The number of carbonyl (C=O) groups excluding carboxylic acids is 2. The van der Waals surface area contributed by atoms with Crippen LogP contribution >= 0.6 is 11.6 Å². The normalized spacial score (nSPS) is 18.3. The first kappa shape index (κ1) is 19.3. The third-order valence-electron chi connectivity index (χ3n) is 3.58. The van der Waals surface area contributed by atoms with Crippen LogP contribution in [0.15, 0.2) is 21.2 Å². The fraction of sp³-hybridized carbons (Fsp3) is 0.588. The minimum absolute atomic E-state index is 0.0121. The number of hydrogen-bond acceptors (Lipinski definition) is 6. The average Bonchev–Trinajstić information content (AvgIpc) is 3.06. The third-order valence-corrected chi connectivity index (χ3v) is 4.04. The van der Waals surface area contributed by atoms with Gasteiger partial charge in [0.05, 0.1) is 6.61 Å². The number of aromatic nitrogens is 1. The highest BCUT2D eigenvalue weighted by atomic mass is 35.5. The van der Waals surface area contributed by atoms with Crippen LogP contribution in [0.25, 0.3) is 0 Å². The maximum absolute atomic E-state index is 12.5. The molecule has 1 aromatic heterocycles. The van der Waals surface area contributed by atoms with Gasteiger partial charge < -0.3 is 14.0 Å². The molecule has 25 heavy (non-hydrogen) atoms. The highest BCUT2D eigenvalue weighted by Gasteiger charge is 2.42. The number of nitrogens with zero attached hydrogens (tertiary/aromatic N) is 2. The van der Waals surface area contributed by atoms with Gasteiger partial charge in [0.15, 0.2) is 5.82 Å². The van der Waals surface area contributed by atoms with Crippen molar-refractivity contribution in [3.8, 4) is 0 Å². The summed E-state index contributed by atoms with van der Waals surface area (Å²) in [6.07, 6.45) is -1.89. The Labute approximate surface area is 151 Å². The molecule has 0 saturated carbocycles. The number of halogens is 1. The molecule has 0 saturated heterocycles. The summed E-state index contributed by atoms with van der Waals surface area (Å²) in [6.45, 7) is 11.5. The molecule has 0 fully saturated rings. The van der Waals surface area contributed by atoms with Crippen molar-refractivity contribution in [2.75, 3.05) is 11.5 Å². The Morgan fingerprint density at radius 3 is 2.60 bits per heavy atom. The zero-order chi connectivity index (χ0) is 18.9. The van der Waals surface area contributed by atoms with Gasteiger partial charge in [-0.15, -0.1) is 0 Å². The maximum atomic E-state index is 12.5. The van der Waals surface area contributed by atoms with E-state index in [1.165, 1.54) is 4.90 Å². The molecule has 0 bridgehead atoms. The summed E-state index contributed by atoms with van der Waals surface area (Å²) in [7, 11) is 0. The largest absolute Gasteiger partial charge is 0.510 e. The molecule has 0 aliphatic carbocycles. The molecule has 2 rings (SSSR count).